The smallest absolute Gasteiger partial charge is 0.326 e. The number of amides is 4. The first-order valence-corrected chi connectivity index (χ1v) is 12.6. The number of carboxylic acid groups (broad SMARTS) is 2. The van der Waals surface area contributed by atoms with Gasteiger partial charge in [0.05, 0.1) is 6.04 Å². The Morgan fingerprint density at radius 1 is 0.744 bits per heavy atom. The molecule has 216 valence electrons. The topological polar surface area (TPSA) is 257 Å². The lowest BCUT2D eigenvalue weighted by molar-refractivity contribution is -0.142. The second kappa shape index (κ2) is 17.5. The molecule has 0 saturated carbocycles. The molecule has 4 amide bonds. The Morgan fingerprint density at radius 3 is 1.90 bits per heavy atom. The summed E-state index contributed by atoms with van der Waals surface area (Å²) in [5.41, 5.74) is 16.9. The van der Waals surface area contributed by atoms with Crippen LogP contribution in [0.3, 0.4) is 0 Å². The van der Waals surface area contributed by atoms with Crippen LogP contribution in [0.25, 0.3) is 0 Å². The lowest BCUT2D eigenvalue weighted by Gasteiger charge is -2.25. The molecule has 0 aliphatic carbocycles. The van der Waals surface area contributed by atoms with Crippen LogP contribution < -0.4 is 33.2 Å². The van der Waals surface area contributed by atoms with Gasteiger partial charge in [0.2, 0.25) is 23.6 Å². The third kappa shape index (κ3) is 13.4. The maximum absolute atomic E-state index is 13.2. The third-order valence-corrected chi connectivity index (χ3v) is 5.80. The van der Waals surface area contributed by atoms with Crippen LogP contribution in [-0.4, -0.2) is 76.5 Å². The van der Waals surface area contributed by atoms with Crippen molar-refractivity contribution < 1.29 is 39.0 Å². The second-order valence-corrected chi connectivity index (χ2v) is 9.04. The minimum atomic E-state index is -1.38. The van der Waals surface area contributed by atoms with Gasteiger partial charge in [0.25, 0.3) is 0 Å². The van der Waals surface area contributed by atoms with Gasteiger partial charge >= 0.3 is 11.9 Å². The SMILES string of the molecule is NCCCCC(NC(=O)C(Cc1ccccc1)NC(=O)C(CCC(=O)O)NC(=O)C(N)CCC(N)=O)C(=O)O. The van der Waals surface area contributed by atoms with E-state index < -0.39 is 66.2 Å². The molecular weight excluding hydrogens is 512 g/mol. The Balaban J connectivity index is 3.10. The fraction of sp³-hybridized carbons (Fsp3) is 0.520. The van der Waals surface area contributed by atoms with E-state index >= 15 is 0 Å². The molecule has 4 unspecified atom stereocenters. The molecule has 14 heteroatoms. The molecule has 0 aliphatic heterocycles. The number of hydrogen-bond acceptors (Lipinski definition) is 8. The quantitative estimate of drug-likeness (QED) is 0.0910. The van der Waals surface area contributed by atoms with Gasteiger partial charge in [-0.25, -0.2) is 4.79 Å². The minimum absolute atomic E-state index is 0.00866. The first kappa shape index (κ1) is 33.0. The molecule has 1 rings (SSSR count). The van der Waals surface area contributed by atoms with E-state index in [1.54, 1.807) is 30.3 Å². The van der Waals surface area contributed by atoms with Crippen LogP contribution in [0.15, 0.2) is 30.3 Å². The zero-order valence-corrected chi connectivity index (χ0v) is 21.6. The van der Waals surface area contributed by atoms with Crippen LogP contribution in [-0.2, 0) is 35.2 Å². The molecule has 0 heterocycles. The van der Waals surface area contributed by atoms with E-state index in [4.69, 9.17) is 22.3 Å². The fourth-order valence-corrected chi connectivity index (χ4v) is 3.60. The highest BCUT2D eigenvalue weighted by Gasteiger charge is 2.30. The van der Waals surface area contributed by atoms with Gasteiger partial charge in [0.1, 0.15) is 18.1 Å². The van der Waals surface area contributed by atoms with E-state index in [9.17, 15) is 33.9 Å². The number of aliphatic carboxylic acids is 2. The van der Waals surface area contributed by atoms with Gasteiger partial charge in [-0.15, -0.1) is 0 Å². The molecule has 4 atom stereocenters. The zero-order chi connectivity index (χ0) is 29.4. The van der Waals surface area contributed by atoms with Crippen molar-refractivity contribution in [3.8, 4) is 0 Å². The highest BCUT2D eigenvalue weighted by atomic mass is 16.4. The third-order valence-electron chi connectivity index (χ3n) is 5.80. The molecule has 11 N–H and O–H groups in total. The highest BCUT2D eigenvalue weighted by Crippen LogP contribution is 2.08. The largest absolute Gasteiger partial charge is 0.481 e. The average Bonchev–Trinajstić information content (AvgIpc) is 2.88. The maximum Gasteiger partial charge on any atom is 0.326 e. The summed E-state index contributed by atoms with van der Waals surface area (Å²) in [6.45, 7) is 0.364. The summed E-state index contributed by atoms with van der Waals surface area (Å²) in [4.78, 5) is 72.6. The van der Waals surface area contributed by atoms with Gasteiger partial charge in [0, 0.05) is 19.3 Å². The van der Waals surface area contributed by atoms with Gasteiger partial charge in [-0.1, -0.05) is 30.3 Å². The van der Waals surface area contributed by atoms with Crippen LogP contribution in [0.1, 0.15) is 50.5 Å². The van der Waals surface area contributed by atoms with Crippen molar-refractivity contribution in [2.24, 2.45) is 17.2 Å². The number of carbonyl (C=O) groups is 6. The van der Waals surface area contributed by atoms with Crippen LogP contribution >= 0.6 is 0 Å². The highest BCUT2D eigenvalue weighted by molar-refractivity contribution is 5.94. The molecule has 1 aromatic rings. The van der Waals surface area contributed by atoms with Crippen molar-refractivity contribution >= 4 is 35.6 Å². The molecule has 0 spiro atoms. The Bertz CT molecular complexity index is 990. The number of hydrogen-bond donors (Lipinski definition) is 8. The van der Waals surface area contributed by atoms with Crippen molar-refractivity contribution in [3.63, 3.8) is 0 Å². The predicted octanol–water partition coefficient (Wildman–Crippen LogP) is -1.65. The summed E-state index contributed by atoms with van der Waals surface area (Å²) in [5.74, 6) is -5.58. The number of carboxylic acids is 2. The molecule has 0 fully saturated rings. The molecule has 0 saturated heterocycles. The van der Waals surface area contributed by atoms with Crippen molar-refractivity contribution in [2.45, 2.75) is 75.5 Å². The van der Waals surface area contributed by atoms with Crippen molar-refractivity contribution in [3.05, 3.63) is 35.9 Å². The number of carbonyl (C=O) groups excluding carboxylic acids is 4. The molecule has 0 aliphatic rings. The van der Waals surface area contributed by atoms with Crippen LogP contribution in [0.2, 0.25) is 0 Å². The molecule has 1 aromatic carbocycles. The molecule has 39 heavy (non-hydrogen) atoms. The minimum Gasteiger partial charge on any atom is -0.481 e. The fourth-order valence-electron chi connectivity index (χ4n) is 3.60. The van der Waals surface area contributed by atoms with E-state index in [2.05, 4.69) is 16.0 Å². The summed E-state index contributed by atoms with van der Waals surface area (Å²) in [6, 6.07) is 3.60. The van der Waals surface area contributed by atoms with Gasteiger partial charge < -0.3 is 43.4 Å². The van der Waals surface area contributed by atoms with Crippen molar-refractivity contribution in [2.75, 3.05) is 6.54 Å². The van der Waals surface area contributed by atoms with Gasteiger partial charge in [-0.3, -0.25) is 24.0 Å². The normalized spacial score (nSPS) is 13.8. The van der Waals surface area contributed by atoms with Gasteiger partial charge in [-0.05, 0) is 44.2 Å². The van der Waals surface area contributed by atoms with Crippen molar-refractivity contribution in [1.82, 2.24) is 16.0 Å². The van der Waals surface area contributed by atoms with E-state index in [1.807, 2.05) is 0 Å². The zero-order valence-electron chi connectivity index (χ0n) is 21.6. The number of rotatable bonds is 19. The second-order valence-electron chi connectivity index (χ2n) is 9.04. The lowest BCUT2D eigenvalue weighted by Crippen LogP contribution is -2.57. The van der Waals surface area contributed by atoms with E-state index in [0.717, 1.165) is 0 Å². The summed E-state index contributed by atoms with van der Waals surface area (Å²) in [6.07, 6.45) is 0.0952. The summed E-state index contributed by atoms with van der Waals surface area (Å²) < 4.78 is 0. The molecule has 0 aromatic heterocycles. The van der Waals surface area contributed by atoms with E-state index in [0.29, 0.717) is 24.9 Å². The number of nitrogens with one attached hydrogen (secondary N) is 3. The number of unbranched alkanes of at least 4 members (excludes halogenated alkanes) is 1. The summed E-state index contributed by atoms with van der Waals surface area (Å²) >= 11 is 0. The average molecular weight is 551 g/mol. The predicted molar refractivity (Wildman–Crippen MR) is 140 cm³/mol. The summed E-state index contributed by atoms with van der Waals surface area (Å²) in [5, 5.41) is 25.9. The number of nitrogens with two attached hydrogens (primary N) is 3. The molecule has 0 bridgehead atoms. The number of primary amides is 1. The first-order chi connectivity index (χ1) is 18.4. The maximum atomic E-state index is 13.2. The van der Waals surface area contributed by atoms with E-state index in [1.165, 1.54) is 0 Å². The number of benzene rings is 1. The van der Waals surface area contributed by atoms with Crippen LogP contribution in [0.4, 0.5) is 0 Å². The lowest BCUT2D eigenvalue weighted by atomic mass is 10.0. The molecule has 14 nitrogen and oxygen atoms in total. The first-order valence-electron chi connectivity index (χ1n) is 12.6. The Morgan fingerprint density at radius 2 is 1.33 bits per heavy atom. The van der Waals surface area contributed by atoms with Crippen LogP contribution in [0, 0.1) is 0 Å². The van der Waals surface area contributed by atoms with Gasteiger partial charge in [0.15, 0.2) is 0 Å². The Kier molecular flexibility index (Phi) is 14.8. The van der Waals surface area contributed by atoms with Crippen molar-refractivity contribution in [1.29, 1.82) is 0 Å². The monoisotopic (exact) mass is 550 g/mol. The molecule has 0 radical (unpaired) electrons. The Labute approximate surface area is 226 Å². The standard InChI is InChI=1S/C25H38N6O8/c26-13-5-4-8-18(25(38)39)30-24(37)19(14-15-6-2-1-3-7-15)31-23(36)17(10-12-21(33)34)29-22(35)16(27)9-11-20(28)32/h1-3,6-7,16-19H,4-5,8-14,26-27H2,(H2,28,32)(H,29,35)(H,30,37)(H,31,36)(H,33,34)(H,38,39). The molecular formula is C25H38N6O8. The Hall–Kier alpha value is -4.04. The van der Waals surface area contributed by atoms with E-state index in [-0.39, 0.29) is 32.1 Å². The van der Waals surface area contributed by atoms with Crippen LogP contribution in [0.5, 0.6) is 0 Å². The van der Waals surface area contributed by atoms with Gasteiger partial charge in [-0.2, -0.15) is 0 Å². The summed E-state index contributed by atoms with van der Waals surface area (Å²) in [7, 11) is 0.